The van der Waals surface area contributed by atoms with Gasteiger partial charge in [-0.1, -0.05) is 13.8 Å². The van der Waals surface area contributed by atoms with Gasteiger partial charge in [0, 0.05) is 19.0 Å². The van der Waals surface area contributed by atoms with Crippen LogP contribution in [0.1, 0.15) is 43.2 Å². The highest BCUT2D eigenvalue weighted by atomic mass is 127. The Kier molecular flexibility index (Phi) is 8.45. The van der Waals surface area contributed by atoms with E-state index in [2.05, 4.69) is 50.0 Å². The van der Waals surface area contributed by atoms with Crippen LogP contribution >= 0.6 is 35.3 Å². The molecule has 0 bridgehead atoms. The maximum atomic E-state index is 4.61. The first kappa shape index (κ1) is 19.8. The summed E-state index contributed by atoms with van der Waals surface area (Å²) < 4.78 is 1.86. The molecule has 2 heterocycles. The number of guanidine groups is 1. The van der Waals surface area contributed by atoms with E-state index in [1.165, 1.54) is 0 Å². The summed E-state index contributed by atoms with van der Waals surface area (Å²) in [4.78, 5) is 9.13. The fourth-order valence-corrected chi connectivity index (χ4v) is 2.67. The van der Waals surface area contributed by atoms with Crippen LogP contribution in [0.5, 0.6) is 0 Å². The van der Waals surface area contributed by atoms with Crippen molar-refractivity contribution in [3.05, 3.63) is 28.2 Å². The molecule has 2 rings (SSSR count). The van der Waals surface area contributed by atoms with Crippen LogP contribution in [0.2, 0.25) is 0 Å². The summed E-state index contributed by atoms with van der Waals surface area (Å²) in [5.74, 6) is 2.04. The summed E-state index contributed by atoms with van der Waals surface area (Å²) in [5, 5.41) is 17.6. The first-order chi connectivity index (χ1) is 10.6. The van der Waals surface area contributed by atoms with Gasteiger partial charge in [-0.15, -0.1) is 45.5 Å². The largest absolute Gasteiger partial charge is 0.357 e. The van der Waals surface area contributed by atoms with Crippen LogP contribution in [-0.4, -0.2) is 32.3 Å². The molecule has 128 valence electrons. The van der Waals surface area contributed by atoms with Crippen molar-refractivity contribution in [3.63, 3.8) is 0 Å². The Morgan fingerprint density at radius 1 is 1.39 bits per heavy atom. The standard InChI is InChI=1S/C14H23N7S.HI/c1-5-15-14(16-6-12-20-18-9-21(12)4)17-7-13-19-11(8-22-13)10(2)3;/h8-10H,5-7H2,1-4H3,(H2,15,16,17);1H. The number of aliphatic imine (C=N–C) groups is 1. The quantitative estimate of drug-likeness (QED) is 0.402. The summed E-state index contributed by atoms with van der Waals surface area (Å²) >= 11 is 1.67. The number of thiazole rings is 1. The van der Waals surface area contributed by atoms with Gasteiger partial charge < -0.3 is 15.2 Å². The monoisotopic (exact) mass is 449 g/mol. The van der Waals surface area contributed by atoms with Gasteiger partial charge in [0.05, 0.1) is 12.2 Å². The summed E-state index contributed by atoms with van der Waals surface area (Å²) in [6.07, 6.45) is 1.67. The normalized spacial score (nSPS) is 11.4. The van der Waals surface area contributed by atoms with Crippen molar-refractivity contribution in [2.45, 2.75) is 39.8 Å². The minimum atomic E-state index is 0. The number of nitrogens with zero attached hydrogens (tertiary/aromatic N) is 5. The van der Waals surface area contributed by atoms with Crippen molar-refractivity contribution in [1.82, 2.24) is 30.4 Å². The Morgan fingerprint density at radius 2 is 2.17 bits per heavy atom. The number of hydrogen-bond donors (Lipinski definition) is 2. The van der Waals surface area contributed by atoms with Crippen molar-refractivity contribution in [2.24, 2.45) is 12.0 Å². The highest BCUT2D eigenvalue weighted by Crippen LogP contribution is 2.17. The number of hydrogen-bond acceptors (Lipinski definition) is 5. The molecule has 0 saturated carbocycles. The Morgan fingerprint density at radius 3 is 2.74 bits per heavy atom. The number of aryl methyl sites for hydroxylation is 1. The molecule has 0 radical (unpaired) electrons. The summed E-state index contributed by atoms with van der Waals surface area (Å²) in [7, 11) is 1.91. The van der Waals surface area contributed by atoms with Crippen molar-refractivity contribution in [3.8, 4) is 0 Å². The SMILES string of the molecule is CCNC(=NCc1nncn1C)NCc1nc(C(C)C)cs1.I. The molecular formula is C14H24IN7S. The fourth-order valence-electron chi connectivity index (χ4n) is 1.77. The third-order valence-corrected chi connectivity index (χ3v) is 3.96. The molecule has 0 amide bonds. The third kappa shape index (κ3) is 6.05. The zero-order chi connectivity index (χ0) is 15.9. The Balaban J connectivity index is 0.00000264. The van der Waals surface area contributed by atoms with Gasteiger partial charge >= 0.3 is 0 Å². The molecule has 0 aliphatic heterocycles. The second-order valence-electron chi connectivity index (χ2n) is 5.23. The first-order valence-corrected chi connectivity index (χ1v) is 8.27. The first-order valence-electron chi connectivity index (χ1n) is 7.39. The van der Waals surface area contributed by atoms with Crippen LogP contribution in [0.15, 0.2) is 16.7 Å². The molecule has 0 saturated heterocycles. The topological polar surface area (TPSA) is 80.0 Å². The van der Waals surface area contributed by atoms with E-state index in [1.807, 2.05) is 18.5 Å². The average Bonchev–Trinajstić information content (AvgIpc) is 3.11. The number of nitrogens with one attached hydrogen (secondary N) is 2. The van der Waals surface area contributed by atoms with Crippen LogP contribution in [0, 0.1) is 0 Å². The van der Waals surface area contributed by atoms with Gasteiger partial charge in [0.2, 0.25) is 0 Å². The smallest absolute Gasteiger partial charge is 0.192 e. The van der Waals surface area contributed by atoms with E-state index in [-0.39, 0.29) is 24.0 Å². The maximum Gasteiger partial charge on any atom is 0.192 e. The van der Waals surface area contributed by atoms with Crippen molar-refractivity contribution in [2.75, 3.05) is 6.54 Å². The van der Waals surface area contributed by atoms with E-state index in [4.69, 9.17) is 0 Å². The van der Waals surface area contributed by atoms with Crippen molar-refractivity contribution >= 4 is 41.3 Å². The maximum absolute atomic E-state index is 4.61. The van der Waals surface area contributed by atoms with Gasteiger partial charge in [0.15, 0.2) is 11.8 Å². The highest BCUT2D eigenvalue weighted by molar-refractivity contribution is 14.0. The average molecular weight is 449 g/mol. The van der Waals surface area contributed by atoms with E-state index < -0.39 is 0 Å². The zero-order valence-corrected chi connectivity index (χ0v) is 17.1. The molecule has 0 aliphatic carbocycles. The molecule has 7 nitrogen and oxygen atoms in total. The molecule has 0 fully saturated rings. The van der Waals surface area contributed by atoms with Crippen LogP contribution in [0.3, 0.4) is 0 Å². The lowest BCUT2D eigenvalue weighted by atomic mass is 10.2. The Hall–Kier alpha value is -1.23. The zero-order valence-electron chi connectivity index (χ0n) is 13.9. The molecule has 0 aliphatic rings. The van der Waals surface area contributed by atoms with Gasteiger partial charge in [0.1, 0.15) is 17.9 Å². The lowest BCUT2D eigenvalue weighted by Crippen LogP contribution is -2.36. The van der Waals surface area contributed by atoms with Gasteiger partial charge in [-0.25, -0.2) is 9.98 Å². The second kappa shape index (κ2) is 9.81. The Labute approximate surface area is 158 Å². The van der Waals surface area contributed by atoms with Crippen molar-refractivity contribution in [1.29, 1.82) is 0 Å². The van der Waals surface area contributed by atoms with Gasteiger partial charge in [-0.05, 0) is 12.8 Å². The summed E-state index contributed by atoms with van der Waals surface area (Å²) in [5.41, 5.74) is 1.14. The molecule has 0 unspecified atom stereocenters. The third-order valence-electron chi connectivity index (χ3n) is 3.10. The van der Waals surface area contributed by atoms with E-state index in [0.29, 0.717) is 19.0 Å². The van der Waals surface area contributed by atoms with E-state index in [0.717, 1.165) is 29.0 Å². The molecule has 2 aromatic rings. The minimum absolute atomic E-state index is 0. The second-order valence-corrected chi connectivity index (χ2v) is 6.17. The predicted molar refractivity (Wildman–Crippen MR) is 104 cm³/mol. The number of halogens is 1. The van der Waals surface area contributed by atoms with Gasteiger partial charge in [-0.3, -0.25) is 0 Å². The van der Waals surface area contributed by atoms with Crippen LogP contribution in [0.25, 0.3) is 0 Å². The predicted octanol–water partition coefficient (Wildman–Crippen LogP) is 2.27. The summed E-state index contributed by atoms with van der Waals surface area (Å²) in [6, 6.07) is 0. The fraction of sp³-hybridized carbons (Fsp3) is 0.571. The summed E-state index contributed by atoms with van der Waals surface area (Å²) in [6.45, 7) is 8.31. The van der Waals surface area contributed by atoms with Gasteiger partial charge in [0.25, 0.3) is 0 Å². The molecule has 23 heavy (non-hydrogen) atoms. The van der Waals surface area contributed by atoms with E-state index in [1.54, 1.807) is 17.7 Å². The lowest BCUT2D eigenvalue weighted by molar-refractivity contribution is 0.761. The lowest BCUT2D eigenvalue weighted by Gasteiger charge is -2.09. The molecule has 0 atom stereocenters. The van der Waals surface area contributed by atoms with Crippen molar-refractivity contribution < 1.29 is 0 Å². The molecular weight excluding hydrogens is 425 g/mol. The molecule has 2 N–H and O–H groups in total. The van der Waals surface area contributed by atoms with Crippen LogP contribution in [0.4, 0.5) is 0 Å². The number of rotatable bonds is 6. The van der Waals surface area contributed by atoms with Gasteiger partial charge in [-0.2, -0.15) is 0 Å². The molecule has 9 heteroatoms. The minimum Gasteiger partial charge on any atom is -0.357 e. The molecule has 0 aromatic carbocycles. The number of aromatic nitrogens is 4. The van der Waals surface area contributed by atoms with Crippen LogP contribution in [-0.2, 0) is 20.1 Å². The molecule has 0 spiro atoms. The van der Waals surface area contributed by atoms with Crippen LogP contribution < -0.4 is 10.6 Å². The molecule has 2 aromatic heterocycles. The van der Waals surface area contributed by atoms with E-state index >= 15 is 0 Å². The Bertz CT molecular complexity index is 620. The highest BCUT2D eigenvalue weighted by Gasteiger charge is 2.07. The van der Waals surface area contributed by atoms with E-state index in [9.17, 15) is 0 Å².